The normalized spacial score (nSPS) is 10.7. The zero-order valence-corrected chi connectivity index (χ0v) is 18.6. The number of nitrogens with one attached hydrogen (secondary N) is 1. The maximum absolute atomic E-state index is 13.0. The SMILES string of the molecule is N#Cc1ccccc1Nc1nc2ccc(-c3ccc(CC(=O)Cc4ccc(F)cc4)cc3)cn2n1. The Morgan fingerprint density at radius 3 is 2.26 bits per heavy atom. The molecule has 0 radical (unpaired) electrons. The van der Waals surface area contributed by atoms with Gasteiger partial charge >= 0.3 is 0 Å². The third-order valence-corrected chi connectivity index (χ3v) is 5.63. The van der Waals surface area contributed by atoms with Crippen molar-refractivity contribution in [1.29, 1.82) is 5.26 Å². The average Bonchev–Trinajstić information content (AvgIpc) is 3.28. The lowest BCUT2D eigenvalue weighted by atomic mass is 10.0. The molecule has 2 aromatic heterocycles. The van der Waals surface area contributed by atoms with E-state index >= 15 is 0 Å². The topological polar surface area (TPSA) is 83.1 Å². The van der Waals surface area contributed by atoms with E-state index in [4.69, 9.17) is 0 Å². The molecule has 170 valence electrons. The Balaban J connectivity index is 1.29. The van der Waals surface area contributed by atoms with E-state index in [1.54, 1.807) is 28.8 Å². The lowest BCUT2D eigenvalue weighted by Gasteiger charge is -2.05. The van der Waals surface area contributed by atoms with Gasteiger partial charge in [0.05, 0.1) is 11.3 Å². The van der Waals surface area contributed by atoms with Gasteiger partial charge < -0.3 is 5.32 Å². The van der Waals surface area contributed by atoms with Crippen molar-refractivity contribution >= 4 is 23.1 Å². The van der Waals surface area contributed by atoms with Crippen LogP contribution in [0.2, 0.25) is 0 Å². The Bertz CT molecular complexity index is 1550. The van der Waals surface area contributed by atoms with Crippen LogP contribution in [0.5, 0.6) is 0 Å². The number of rotatable bonds is 7. The Hall–Kier alpha value is -4.83. The number of para-hydroxylation sites is 1. The van der Waals surface area contributed by atoms with Crippen LogP contribution < -0.4 is 5.32 Å². The van der Waals surface area contributed by atoms with Crippen molar-refractivity contribution in [2.45, 2.75) is 12.8 Å². The van der Waals surface area contributed by atoms with E-state index in [-0.39, 0.29) is 18.0 Å². The number of benzene rings is 3. The molecule has 0 aliphatic heterocycles. The van der Waals surface area contributed by atoms with E-state index in [0.717, 1.165) is 22.3 Å². The van der Waals surface area contributed by atoms with E-state index in [1.807, 2.05) is 54.7 Å². The minimum Gasteiger partial charge on any atom is -0.322 e. The molecule has 7 heteroatoms. The molecular formula is C28H20FN5O. The molecular weight excluding hydrogens is 441 g/mol. The quantitative estimate of drug-likeness (QED) is 0.346. The number of anilines is 2. The Morgan fingerprint density at radius 1 is 0.886 bits per heavy atom. The van der Waals surface area contributed by atoms with E-state index in [9.17, 15) is 14.4 Å². The number of carbonyl (C=O) groups excluding carboxylic acids is 1. The molecule has 0 atom stereocenters. The fourth-order valence-corrected chi connectivity index (χ4v) is 3.85. The maximum Gasteiger partial charge on any atom is 0.247 e. The van der Waals surface area contributed by atoms with E-state index in [2.05, 4.69) is 21.5 Å². The zero-order chi connectivity index (χ0) is 24.2. The molecule has 6 nitrogen and oxygen atoms in total. The fraction of sp³-hybridized carbons (Fsp3) is 0.0714. The summed E-state index contributed by atoms with van der Waals surface area (Å²) in [5.74, 6) is 0.170. The van der Waals surface area contributed by atoms with Crippen LogP contribution in [-0.4, -0.2) is 20.4 Å². The van der Waals surface area contributed by atoms with Crippen LogP contribution in [0.15, 0.2) is 91.1 Å². The lowest BCUT2D eigenvalue weighted by molar-refractivity contribution is -0.117. The summed E-state index contributed by atoms with van der Waals surface area (Å²) < 4.78 is 14.7. The molecule has 0 saturated heterocycles. The number of hydrogen-bond acceptors (Lipinski definition) is 5. The molecule has 0 aliphatic carbocycles. The number of nitriles is 1. The number of carbonyl (C=O) groups is 1. The van der Waals surface area contributed by atoms with Crippen LogP contribution in [0, 0.1) is 17.1 Å². The van der Waals surface area contributed by atoms with Gasteiger partial charge in [-0.3, -0.25) is 4.79 Å². The largest absolute Gasteiger partial charge is 0.322 e. The summed E-state index contributed by atoms with van der Waals surface area (Å²) >= 11 is 0. The summed E-state index contributed by atoms with van der Waals surface area (Å²) in [7, 11) is 0. The first-order valence-corrected chi connectivity index (χ1v) is 11.1. The van der Waals surface area contributed by atoms with Crippen LogP contribution in [-0.2, 0) is 17.6 Å². The van der Waals surface area contributed by atoms with Crippen LogP contribution in [0.4, 0.5) is 16.0 Å². The van der Waals surface area contributed by atoms with Crippen molar-refractivity contribution in [3.8, 4) is 17.2 Å². The van der Waals surface area contributed by atoms with Crippen LogP contribution in [0.25, 0.3) is 16.8 Å². The van der Waals surface area contributed by atoms with Crippen molar-refractivity contribution in [1.82, 2.24) is 14.6 Å². The van der Waals surface area contributed by atoms with Crippen molar-refractivity contribution < 1.29 is 9.18 Å². The molecule has 0 spiro atoms. The van der Waals surface area contributed by atoms with Gasteiger partial charge in [0.1, 0.15) is 17.7 Å². The minimum atomic E-state index is -0.308. The van der Waals surface area contributed by atoms with Crippen molar-refractivity contribution in [2.24, 2.45) is 0 Å². The number of fused-ring (bicyclic) bond motifs is 1. The maximum atomic E-state index is 13.0. The number of pyridine rings is 1. The minimum absolute atomic E-state index is 0.0754. The average molecular weight is 462 g/mol. The fourth-order valence-electron chi connectivity index (χ4n) is 3.85. The third-order valence-electron chi connectivity index (χ3n) is 5.63. The summed E-state index contributed by atoms with van der Waals surface area (Å²) in [5.41, 5.74) is 5.51. The van der Waals surface area contributed by atoms with Gasteiger partial charge in [0.15, 0.2) is 5.65 Å². The monoisotopic (exact) mass is 461 g/mol. The van der Waals surface area contributed by atoms with E-state index in [1.165, 1.54) is 12.1 Å². The van der Waals surface area contributed by atoms with Crippen molar-refractivity contribution in [3.05, 3.63) is 114 Å². The highest BCUT2D eigenvalue weighted by Gasteiger charge is 2.09. The van der Waals surface area contributed by atoms with Gasteiger partial charge in [0.2, 0.25) is 5.95 Å². The van der Waals surface area contributed by atoms with Gasteiger partial charge in [0, 0.05) is 24.6 Å². The van der Waals surface area contributed by atoms with Crippen LogP contribution in [0.1, 0.15) is 16.7 Å². The molecule has 0 bridgehead atoms. The lowest BCUT2D eigenvalue weighted by Crippen LogP contribution is -2.06. The summed E-state index contributed by atoms with van der Waals surface area (Å²) in [4.78, 5) is 16.9. The first-order valence-electron chi connectivity index (χ1n) is 11.1. The van der Waals surface area contributed by atoms with E-state index < -0.39 is 0 Å². The first-order chi connectivity index (χ1) is 17.1. The molecule has 0 saturated carbocycles. The molecule has 35 heavy (non-hydrogen) atoms. The third kappa shape index (κ3) is 5.07. The smallest absolute Gasteiger partial charge is 0.247 e. The summed E-state index contributed by atoms with van der Waals surface area (Å²) in [6.07, 6.45) is 2.48. The van der Waals surface area contributed by atoms with Crippen molar-refractivity contribution in [3.63, 3.8) is 0 Å². The predicted molar refractivity (Wildman–Crippen MR) is 132 cm³/mol. The highest BCUT2D eigenvalue weighted by molar-refractivity contribution is 5.83. The standard InChI is InChI=1S/C28H20FN5O/c29-24-12-7-20(8-13-24)16-25(35)15-19-5-9-21(10-6-19)23-11-14-27-32-28(33-34(27)18-23)31-26-4-2-1-3-22(26)17-30/h1-14,18H,15-16H2,(H,31,33). The van der Waals surface area contributed by atoms with Gasteiger partial charge in [-0.25, -0.2) is 8.91 Å². The van der Waals surface area contributed by atoms with Gasteiger partial charge in [-0.1, -0.05) is 48.5 Å². The van der Waals surface area contributed by atoms with Gasteiger partial charge in [-0.15, -0.1) is 5.10 Å². The van der Waals surface area contributed by atoms with Gasteiger partial charge in [-0.05, 0) is 53.1 Å². The molecule has 0 amide bonds. The number of aromatic nitrogens is 3. The Morgan fingerprint density at radius 2 is 1.54 bits per heavy atom. The molecule has 2 heterocycles. The highest BCUT2D eigenvalue weighted by Crippen LogP contribution is 2.23. The second kappa shape index (κ2) is 9.57. The van der Waals surface area contributed by atoms with E-state index in [0.29, 0.717) is 29.3 Å². The number of halogens is 1. The van der Waals surface area contributed by atoms with Crippen LogP contribution in [0.3, 0.4) is 0 Å². The molecule has 3 aromatic carbocycles. The molecule has 0 fully saturated rings. The highest BCUT2D eigenvalue weighted by atomic mass is 19.1. The molecule has 0 unspecified atom stereocenters. The van der Waals surface area contributed by atoms with Gasteiger partial charge in [0.25, 0.3) is 0 Å². The van der Waals surface area contributed by atoms with Gasteiger partial charge in [-0.2, -0.15) is 10.2 Å². The summed E-state index contributed by atoms with van der Waals surface area (Å²) in [5, 5.41) is 16.9. The first kappa shape index (κ1) is 22.0. The molecule has 0 aliphatic rings. The zero-order valence-electron chi connectivity index (χ0n) is 18.6. The second-order valence-corrected chi connectivity index (χ2v) is 8.15. The Kier molecular flexibility index (Phi) is 6.01. The number of ketones is 1. The second-order valence-electron chi connectivity index (χ2n) is 8.15. The predicted octanol–water partition coefficient (Wildman–Crippen LogP) is 5.50. The molecule has 5 aromatic rings. The van der Waals surface area contributed by atoms with Crippen molar-refractivity contribution in [2.75, 3.05) is 5.32 Å². The van der Waals surface area contributed by atoms with Crippen LogP contribution >= 0.6 is 0 Å². The number of Topliss-reactive ketones (excluding diaryl/α,β-unsaturated/α-hetero) is 1. The number of hydrogen-bond donors (Lipinski definition) is 1. The molecule has 1 N–H and O–H groups in total. The Labute approximate surface area is 201 Å². The summed E-state index contributed by atoms with van der Waals surface area (Å²) in [6, 6.07) is 27.0. The molecule has 5 rings (SSSR count). The number of nitrogens with zero attached hydrogens (tertiary/aromatic N) is 4. The summed E-state index contributed by atoms with van der Waals surface area (Å²) in [6.45, 7) is 0.